The van der Waals surface area contributed by atoms with Gasteiger partial charge in [0.05, 0.1) is 0 Å². The van der Waals surface area contributed by atoms with Crippen molar-refractivity contribution in [2.45, 2.75) is 0 Å². The highest BCUT2D eigenvalue weighted by molar-refractivity contribution is 6.06. The monoisotopic (exact) mass is 532 g/mol. The van der Waals surface area contributed by atoms with Crippen molar-refractivity contribution in [3.63, 3.8) is 0 Å². The van der Waals surface area contributed by atoms with Gasteiger partial charge in [-0.05, 0) is 101 Å². The second-order valence-electron chi connectivity index (χ2n) is 11.0. The number of hydrogen-bond donors (Lipinski definition) is 0. The molecule has 0 heterocycles. The molecule has 0 aromatic heterocycles. The molecule has 0 amide bonds. The molecule has 8 rings (SSSR count). The van der Waals surface area contributed by atoms with Crippen molar-refractivity contribution in [1.82, 2.24) is 0 Å². The highest BCUT2D eigenvalue weighted by atomic mass is 14.1. The van der Waals surface area contributed by atoms with Gasteiger partial charge in [0.15, 0.2) is 0 Å². The second kappa shape index (κ2) is 10.2. The second-order valence-corrected chi connectivity index (χ2v) is 11.0. The molecule has 0 fully saturated rings. The zero-order chi connectivity index (χ0) is 27.9. The van der Waals surface area contributed by atoms with E-state index < -0.39 is 0 Å². The lowest BCUT2D eigenvalue weighted by Gasteiger charge is -2.13. The van der Waals surface area contributed by atoms with Crippen LogP contribution in [0.4, 0.5) is 0 Å². The van der Waals surface area contributed by atoms with E-state index in [0.717, 1.165) is 0 Å². The van der Waals surface area contributed by atoms with Crippen molar-refractivity contribution in [3.8, 4) is 44.5 Å². The van der Waals surface area contributed by atoms with Gasteiger partial charge in [-0.2, -0.15) is 0 Å². The van der Waals surface area contributed by atoms with Crippen LogP contribution in [0.15, 0.2) is 170 Å². The molecule has 0 atom stereocenters. The maximum absolute atomic E-state index is 2.33. The summed E-state index contributed by atoms with van der Waals surface area (Å²) in [5, 5.41) is 7.57. The van der Waals surface area contributed by atoms with Crippen LogP contribution >= 0.6 is 0 Å². The Bertz CT molecular complexity index is 2060. The number of hydrogen-bond acceptors (Lipinski definition) is 0. The largest absolute Gasteiger partial charge is 0.0622 e. The normalized spacial score (nSPS) is 11.3. The van der Waals surface area contributed by atoms with E-state index in [1.54, 1.807) is 0 Å². The molecule has 0 radical (unpaired) electrons. The third-order valence-corrected chi connectivity index (χ3v) is 8.44. The Morgan fingerprint density at radius 1 is 0.214 bits per heavy atom. The summed E-state index contributed by atoms with van der Waals surface area (Å²) in [6.07, 6.45) is 0. The van der Waals surface area contributed by atoms with Crippen LogP contribution in [-0.2, 0) is 0 Å². The Hall–Kier alpha value is -5.46. The molecule has 0 aliphatic heterocycles. The van der Waals surface area contributed by atoms with Crippen molar-refractivity contribution in [2.75, 3.05) is 0 Å². The van der Waals surface area contributed by atoms with Gasteiger partial charge in [0, 0.05) is 0 Å². The highest BCUT2D eigenvalue weighted by Gasteiger charge is 2.11. The Morgan fingerprint density at radius 2 is 0.571 bits per heavy atom. The molecule has 0 aliphatic carbocycles. The third-order valence-electron chi connectivity index (χ3n) is 8.44. The standard InChI is InChI=1S/C42H28/c1-3-9-29(10-4-1)31-17-19-35-27-37(23-21-33(35)25-31)39-13-7-16-42-40(14-8-15-41(39)42)38-24-22-34-26-32(18-20-36(34)28-38)30-11-5-2-6-12-30/h1-28H. The molecule has 0 saturated carbocycles. The van der Waals surface area contributed by atoms with Gasteiger partial charge < -0.3 is 0 Å². The molecule has 0 unspecified atom stereocenters. The minimum Gasteiger partial charge on any atom is -0.0622 e. The van der Waals surface area contributed by atoms with Crippen LogP contribution in [-0.4, -0.2) is 0 Å². The predicted molar refractivity (Wildman–Crippen MR) is 181 cm³/mol. The molecule has 42 heavy (non-hydrogen) atoms. The topological polar surface area (TPSA) is 0 Å². The smallest absolute Gasteiger partial charge is 0.00992 e. The fourth-order valence-electron chi connectivity index (χ4n) is 6.26. The lowest BCUT2D eigenvalue weighted by Crippen LogP contribution is -1.87. The highest BCUT2D eigenvalue weighted by Crippen LogP contribution is 2.37. The van der Waals surface area contributed by atoms with E-state index in [4.69, 9.17) is 0 Å². The van der Waals surface area contributed by atoms with E-state index in [-0.39, 0.29) is 0 Å². The van der Waals surface area contributed by atoms with E-state index >= 15 is 0 Å². The minimum atomic E-state index is 1.24. The molecule has 0 bridgehead atoms. The van der Waals surface area contributed by atoms with Gasteiger partial charge in [-0.1, -0.05) is 146 Å². The summed E-state index contributed by atoms with van der Waals surface area (Å²) < 4.78 is 0. The van der Waals surface area contributed by atoms with E-state index in [1.165, 1.54) is 76.8 Å². The van der Waals surface area contributed by atoms with Gasteiger partial charge in [0.25, 0.3) is 0 Å². The summed E-state index contributed by atoms with van der Waals surface area (Å²) in [6.45, 7) is 0. The molecule has 8 aromatic carbocycles. The molecule has 0 heteroatoms. The summed E-state index contributed by atoms with van der Waals surface area (Å²) in [4.78, 5) is 0. The average Bonchev–Trinajstić information content (AvgIpc) is 3.07. The molecule has 0 saturated heterocycles. The predicted octanol–water partition coefficient (Wildman–Crippen LogP) is 11.8. The summed E-state index contributed by atoms with van der Waals surface area (Å²) >= 11 is 0. The van der Waals surface area contributed by atoms with E-state index in [9.17, 15) is 0 Å². The first-order valence-electron chi connectivity index (χ1n) is 14.5. The van der Waals surface area contributed by atoms with Crippen LogP contribution in [0.5, 0.6) is 0 Å². The Morgan fingerprint density at radius 3 is 0.976 bits per heavy atom. The summed E-state index contributed by atoms with van der Waals surface area (Å²) in [5.41, 5.74) is 9.99. The van der Waals surface area contributed by atoms with E-state index in [0.29, 0.717) is 0 Å². The summed E-state index contributed by atoms with van der Waals surface area (Å²) in [5.74, 6) is 0. The van der Waals surface area contributed by atoms with Crippen molar-refractivity contribution < 1.29 is 0 Å². The van der Waals surface area contributed by atoms with Crippen LogP contribution in [0, 0.1) is 0 Å². The lowest BCUT2D eigenvalue weighted by atomic mass is 9.91. The number of rotatable bonds is 4. The molecule has 196 valence electrons. The Kier molecular flexibility index (Phi) is 5.90. The van der Waals surface area contributed by atoms with Gasteiger partial charge in [-0.25, -0.2) is 0 Å². The first kappa shape index (κ1) is 24.3. The van der Waals surface area contributed by atoms with Gasteiger partial charge >= 0.3 is 0 Å². The molecule has 0 spiro atoms. The van der Waals surface area contributed by atoms with Gasteiger partial charge in [0.1, 0.15) is 0 Å². The maximum Gasteiger partial charge on any atom is -0.00992 e. The van der Waals surface area contributed by atoms with Crippen LogP contribution in [0.25, 0.3) is 76.8 Å². The number of fused-ring (bicyclic) bond motifs is 3. The van der Waals surface area contributed by atoms with Crippen LogP contribution in [0.1, 0.15) is 0 Å². The Balaban J connectivity index is 1.19. The first-order valence-corrected chi connectivity index (χ1v) is 14.5. The number of benzene rings is 8. The van der Waals surface area contributed by atoms with Gasteiger partial charge in [-0.3, -0.25) is 0 Å². The first-order chi connectivity index (χ1) is 20.8. The lowest BCUT2D eigenvalue weighted by molar-refractivity contribution is 1.63. The zero-order valence-electron chi connectivity index (χ0n) is 23.2. The summed E-state index contributed by atoms with van der Waals surface area (Å²) in [7, 11) is 0. The molecule has 0 aliphatic rings. The van der Waals surface area contributed by atoms with Crippen molar-refractivity contribution in [1.29, 1.82) is 0 Å². The van der Waals surface area contributed by atoms with Crippen molar-refractivity contribution >= 4 is 32.3 Å². The van der Waals surface area contributed by atoms with Crippen LogP contribution in [0.3, 0.4) is 0 Å². The zero-order valence-corrected chi connectivity index (χ0v) is 23.2. The van der Waals surface area contributed by atoms with Gasteiger partial charge in [0.2, 0.25) is 0 Å². The molecular weight excluding hydrogens is 504 g/mol. The average molecular weight is 533 g/mol. The van der Waals surface area contributed by atoms with E-state index in [2.05, 4.69) is 170 Å². The SMILES string of the molecule is c1ccc(-c2ccc3cc(-c4cccc5c(-c6ccc7cc(-c8ccccc8)ccc7c6)cccc45)ccc3c2)cc1. The Labute approximate surface area is 246 Å². The minimum absolute atomic E-state index is 1.24. The van der Waals surface area contributed by atoms with E-state index in [1.807, 2.05) is 0 Å². The maximum atomic E-state index is 2.33. The molecular formula is C42H28. The molecule has 0 nitrogen and oxygen atoms in total. The van der Waals surface area contributed by atoms with Crippen molar-refractivity contribution in [3.05, 3.63) is 170 Å². The van der Waals surface area contributed by atoms with Crippen LogP contribution < -0.4 is 0 Å². The molecule has 0 N–H and O–H groups in total. The van der Waals surface area contributed by atoms with Crippen LogP contribution in [0.2, 0.25) is 0 Å². The summed E-state index contributed by atoms with van der Waals surface area (Å²) in [6, 6.07) is 61.8. The van der Waals surface area contributed by atoms with Gasteiger partial charge in [-0.15, -0.1) is 0 Å². The van der Waals surface area contributed by atoms with Crippen molar-refractivity contribution in [2.24, 2.45) is 0 Å². The molecule has 8 aromatic rings. The third kappa shape index (κ3) is 4.35. The fraction of sp³-hybridized carbons (Fsp3) is 0. The fourth-order valence-corrected chi connectivity index (χ4v) is 6.26. The quantitative estimate of drug-likeness (QED) is 0.211.